The zero-order chi connectivity index (χ0) is 26.8. The fourth-order valence-electron chi connectivity index (χ4n) is 3.71. The van der Waals surface area contributed by atoms with Gasteiger partial charge in [0.25, 0.3) is 42.1 Å². The molecule has 36 heavy (non-hydrogen) atoms. The zero-order valence-electron chi connectivity index (χ0n) is 17.7. The Morgan fingerprint density at radius 1 is 0.889 bits per heavy atom. The first kappa shape index (κ1) is 25.3. The van der Waals surface area contributed by atoms with E-state index in [-0.39, 0.29) is 22.1 Å². The van der Waals surface area contributed by atoms with Gasteiger partial charge in [0.05, 0.1) is 33.1 Å². The fraction of sp³-hybridized carbons (Fsp3) is 0. The Balaban J connectivity index is 2.04. The SMILES string of the molecule is C=CS(=O)(=O)Nc1cccc(N2C(=O)c3cc(S(=O)(=O)O)cc4c(N)c(S(=O)(=O)O)cc(c34)C2=O)c1. The van der Waals surface area contributed by atoms with E-state index in [1.807, 2.05) is 0 Å². The number of sulfonamides is 1. The fourth-order valence-corrected chi connectivity index (χ4v) is 5.44. The van der Waals surface area contributed by atoms with Crippen LogP contribution < -0.4 is 15.4 Å². The molecule has 0 aromatic heterocycles. The van der Waals surface area contributed by atoms with Gasteiger partial charge in [0.1, 0.15) is 4.90 Å². The van der Waals surface area contributed by atoms with Crippen molar-refractivity contribution in [1.82, 2.24) is 0 Å². The second-order valence-corrected chi connectivity index (χ2v) is 11.9. The molecule has 1 heterocycles. The van der Waals surface area contributed by atoms with Crippen molar-refractivity contribution in [1.29, 1.82) is 0 Å². The van der Waals surface area contributed by atoms with Crippen molar-refractivity contribution in [3.63, 3.8) is 0 Å². The summed E-state index contributed by atoms with van der Waals surface area (Å²) in [5.41, 5.74) is 4.09. The minimum absolute atomic E-state index is 0.0634. The van der Waals surface area contributed by atoms with Gasteiger partial charge in [-0.25, -0.2) is 13.3 Å². The number of amides is 2. The van der Waals surface area contributed by atoms with Crippen molar-refractivity contribution in [2.75, 3.05) is 15.4 Å². The van der Waals surface area contributed by atoms with Crippen molar-refractivity contribution in [2.45, 2.75) is 9.79 Å². The van der Waals surface area contributed by atoms with Gasteiger partial charge >= 0.3 is 0 Å². The highest BCUT2D eigenvalue weighted by Crippen LogP contribution is 2.40. The van der Waals surface area contributed by atoms with Crippen LogP contribution >= 0.6 is 0 Å². The van der Waals surface area contributed by atoms with Crippen LogP contribution in [0.3, 0.4) is 0 Å². The molecule has 4 rings (SSSR count). The van der Waals surface area contributed by atoms with Crippen LogP contribution in [0.5, 0.6) is 0 Å². The van der Waals surface area contributed by atoms with E-state index in [0.717, 1.165) is 24.3 Å². The Hall–Kier alpha value is -3.83. The van der Waals surface area contributed by atoms with Crippen molar-refractivity contribution < 1.29 is 43.9 Å². The van der Waals surface area contributed by atoms with Crippen molar-refractivity contribution >= 4 is 69.9 Å². The third-order valence-electron chi connectivity index (χ3n) is 5.24. The van der Waals surface area contributed by atoms with Crippen LogP contribution in [0, 0.1) is 0 Å². The zero-order valence-corrected chi connectivity index (χ0v) is 20.2. The number of anilines is 3. The lowest BCUT2D eigenvalue weighted by molar-refractivity contribution is 0.0893. The molecule has 1 aliphatic heterocycles. The highest BCUT2D eigenvalue weighted by molar-refractivity contribution is 7.95. The van der Waals surface area contributed by atoms with Gasteiger partial charge in [0.2, 0.25) is 0 Å². The van der Waals surface area contributed by atoms with Crippen LogP contribution in [0.2, 0.25) is 0 Å². The maximum absolute atomic E-state index is 13.4. The van der Waals surface area contributed by atoms with E-state index < -0.39 is 68.7 Å². The average molecular weight is 554 g/mol. The molecule has 188 valence electrons. The predicted molar refractivity (Wildman–Crippen MR) is 128 cm³/mol. The van der Waals surface area contributed by atoms with Gasteiger partial charge in [-0.2, -0.15) is 16.8 Å². The number of rotatable bonds is 6. The molecule has 0 atom stereocenters. The number of nitrogens with two attached hydrogens (primary N) is 1. The first-order valence-electron chi connectivity index (χ1n) is 9.54. The molecule has 0 fully saturated rings. The molecule has 0 radical (unpaired) electrons. The molecule has 0 saturated heterocycles. The standard InChI is InChI=1S/C20H15N3O10S3/c1-2-34(26,27)22-10-4-3-5-11(6-10)23-19(24)14-8-12(35(28,29)30)7-13-17(14)15(20(23)25)9-16(18(13)21)36(31,32)33/h2-9,22H,1,21H2,(H,28,29,30)(H,31,32,33). The van der Waals surface area contributed by atoms with Crippen LogP contribution in [0.25, 0.3) is 10.8 Å². The number of hydrogen-bond acceptors (Lipinski definition) is 9. The number of nitrogens with one attached hydrogen (secondary N) is 1. The smallest absolute Gasteiger partial charge is 0.296 e. The number of benzene rings is 3. The highest BCUT2D eigenvalue weighted by atomic mass is 32.2. The predicted octanol–water partition coefficient (Wildman–Crippen LogP) is 1.60. The number of carbonyl (C=O) groups excluding carboxylic acids is 2. The quantitative estimate of drug-likeness (QED) is 0.195. The van der Waals surface area contributed by atoms with Gasteiger partial charge in [-0.3, -0.25) is 23.4 Å². The number of imide groups is 1. The molecule has 5 N–H and O–H groups in total. The van der Waals surface area contributed by atoms with Crippen LogP contribution in [-0.2, 0) is 30.3 Å². The third kappa shape index (κ3) is 4.20. The Morgan fingerprint density at radius 3 is 2.06 bits per heavy atom. The lowest BCUT2D eigenvalue weighted by atomic mass is 9.92. The van der Waals surface area contributed by atoms with E-state index in [4.69, 9.17) is 5.73 Å². The van der Waals surface area contributed by atoms with Crippen LogP contribution in [0.1, 0.15) is 20.7 Å². The van der Waals surface area contributed by atoms with Gasteiger partial charge < -0.3 is 5.73 Å². The molecular weight excluding hydrogens is 538 g/mol. The van der Waals surface area contributed by atoms with Gasteiger partial charge in [0.15, 0.2) is 0 Å². The second kappa shape index (κ2) is 8.10. The number of nitrogens with zero attached hydrogens (tertiary/aromatic N) is 1. The van der Waals surface area contributed by atoms with Crippen molar-refractivity contribution in [3.05, 3.63) is 65.6 Å². The average Bonchev–Trinajstić information content (AvgIpc) is 2.76. The van der Waals surface area contributed by atoms with E-state index in [1.165, 1.54) is 18.2 Å². The molecule has 1 aliphatic rings. The van der Waals surface area contributed by atoms with Crippen LogP contribution in [0.4, 0.5) is 17.1 Å². The number of carbonyl (C=O) groups is 2. The monoisotopic (exact) mass is 553 g/mol. The first-order chi connectivity index (χ1) is 16.5. The van der Waals surface area contributed by atoms with Crippen LogP contribution in [0.15, 0.2) is 64.2 Å². The maximum atomic E-state index is 13.4. The minimum atomic E-state index is -5.02. The Kier molecular flexibility index (Phi) is 5.69. The van der Waals surface area contributed by atoms with Gasteiger partial charge in [-0.15, -0.1) is 0 Å². The second-order valence-electron chi connectivity index (χ2n) is 7.49. The molecule has 0 spiro atoms. The van der Waals surface area contributed by atoms with E-state index in [2.05, 4.69) is 11.3 Å². The van der Waals surface area contributed by atoms with Gasteiger partial charge in [-0.05, 0) is 36.4 Å². The van der Waals surface area contributed by atoms with E-state index in [0.29, 0.717) is 10.3 Å². The normalized spacial score (nSPS) is 14.2. The van der Waals surface area contributed by atoms with E-state index >= 15 is 0 Å². The number of nitrogen functional groups attached to an aromatic ring is 1. The first-order valence-corrected chi connectivity index (χ1v) is 14.0. The summed E-state index contributed by atoms with van der Waals surface area (Å²) in [5, 5.41) is 0.0347. The summed E-state index contributed by atoms with van der Waals surface area (Å²) in [5.74, 6) is -2.16. The third-order valence-corrected chi connectivity index (χ3v) is 7.92. The lowest BCUT2D eigenvalue weighted by Gasteiger charge is -2.28. The summed E-state index contributed by atoms with van der Waals surface area (Å²) in [6.07, 6.45) is 0. The summed E-state index contributed by atoms with van der Waals surface area (Å²) < 4.78 is 92.5. The van der Waals surface area contributed by atoms with Crippen molar-refractivity contribution in [3.8, 4) is 0 Å². The topological polar surface area (TPSA) is 218 Å². The largest absolute Gasteiger partial charge is 0.397 e. The summed E-state index contributed by atoms with van der Waals surface area (Å²) in [4.78, 5) is 25.6. The van der Waals surface area contributed by atoms with Crippen LogP contribution in [-0.4, -0.2) is 46.2 Å². The summed E-state index contributed by atoms with van der Waals surface area (Å²) in [7, 11) is -13.9. The molecular formula is C20H15N3O10S3. The Bertz CT molecular complexity index is 1820. The van der Waals surface area contributed by atoms with Gasteiger partial charge in [-0.1, -0.05) is 12.6 Å². The molecule has 0 bridgehead atoms. The molecule has 0 saturated carbocycles. The van der Waals surface area contributed by atoms with E-state index in [1.54, 1.807) is 0 Å². The van der Waals surface area contributed by atoms with Gasteiger partial charge in [0, 0.05) is 16.2 Å². The number of hydrogen-bond donors (Lipinski definition) is 4. The summed E-state index contributed by atoms with van der Waals surface area (Å²) in [6.45, 7) is 3.16. The molecule has 13 nitrogen and oxygen atoms in total. The summed E-state index contributed by atoms with van der Waals surface area (Å²) >= 11 is 0. The molecule has 0 aliphatic carbocycles. The van der Waals surface area contributed by atoms with E-state index in [9.17, 15) is 43.9 Å². The highest BCUT2D eigenvalue weighted by Gasteiger charge is 2.37. The maximum Gasteiger partial charge on any atom is 0.296 e. The Labute approximate surface area is 204 Å². The molecule has 0 unspecified atom stereocenters. The molecule has 3 aromatic rings. The van der Waals surface area contributed by atoms with Crippen molar-refractivity contribution in [2.24, 2.45) is 0 Å². The lowest BCUT2D eigenvalue weighted by Crippen LogP contribution is -2.40. The molecule has 2 amide bonds. The Morgan fingerprint density at radius 2 is 1.50 bits per heavy atom. The summed E-state index contributed by atoms with van der Waals surface area (Å²) in [6, 6.07) is 7.27. The molecule has 16 heteroatoms. The minimum Gasteiger partial charge on any atom is -0.397 e. The molecule has 3 aromatic carbocycles.